The number of carbonyl (C=O) groups is 1. The third kappa shape index (κ3) is 2.94. The molecule has 0 spiro atoms. The Hall–Kier alpha value is -1.99. The van der Waals surface area contributed by atoms with E-state index in [0.29, 0.717) is 22.3 Å². The quantitative estimate of drug-likeness (QED) is 0.496. The monoisotopic (exact) mass is 336 g/mol. The molecule has 0 aliphatic carbocycles. The van der Waals surface area contributed by atoms with Gasteiger partial charge in [0.1, 0.15) is 4.47 Å². The standard InChI is InChI=1S/C13H13BrN4O2/c1-8-11(14)13(20)18(7-16-8)6-9-3-2-4-10(5-9)12(19)17-15/h2-5,7H,6,15H2,1H3,(H,17,19). The van der Waals surface area contributed by atoms with Gasteiger partial charge in [-0.1, -0.05) is 12.1 Å². The molecule has 0 aliphatic heterocycles. The van der Waals surface area contributed by atoms with Gasteiger partial charge in [-0.25, -0.2) is 10.8 Å². The van der Waals surface area contributed by atoms with Gasteiger partial charge in [-0.15, -0.1) is 0 Å². The van der Waals surface area contributed by atoms with Gasteiger partial charge in [-0.05, 0) is 40.5 Å². The van der Waals surface area contributed by atoms with Crippen LogP contribution in [0.2, 0.25) is 0 Å². The van der Waals surface area contributed by atoms with Crippen LogP contribution in [0.1, 0.15) is 21.6 Å². The molecule has 2 aromatic rings. The molecule has 0 saturated heterocycles. The fourth-order valence-electron chi connectivity index (χ4n) is 1.75. The predicted octanol–water partition coefficient (Wildman–Crippen LogP) is 0.966. The van der Waals surface area contributed by atoms with Crippen LogP contribution in [0.5, 0.6) is 0 Å². The van der Waals surface area contributed by atoms with E-state index in [-0.39, 0.29) is 11.5 Å². The SMILES string of the molecule is Cc1ncn(Cc2cccc(C(=O)NN)c2)c(=O)c1Br. The molecule has 0 atom stereocenters. The number of nitrogens with two attached hydrogens (primary N) is 1. The maximum atomic E-state index is 12.0. The smallest absolute Gasteiger partial charge is 0.268 e. The third-order valence-corrected chi connectivity index (χ3v) is 3.74. The second kappa shape index (κ2) is 5.98. The number of aryl methyl sites for hydroxylation is 1. The van der Waals surface area contributed by atoms with Gasteiger partial charge < -0.3 is 0 Å². The molecule has 3 N–H and O–H groups in total. The Bertz CT molecular complexity index is 712. The van der Waals surface area contributed by atoms with E-state index >= 15 is 0 Å². The summed E-state index contributed by atoms with van der Waals surface area (Å²) >= 11 is 3.22. The van der Waals surface area contributed by atoms with E-state index in [4.69, 9.17) is 5.84 Å². The molecule has 1 aromatic heterocycles. The number of hydrogen-bond acceptors (Lipinski definition) is 4. The first-order valence-corrected chi connectivity index (χ1v) is 6.63. The number of nitrogens with zero attached hydrogens (tertiary/aromatic N) is 2. The van der Waals surface area contributed by atoms with Gasteiger partial charge in [-0.2, -0.15) is 0 Å². The molecule has 1 aromatic carbocycles. The van der Waals surface area contributed by atoms with Crippen LogP contribution in [0.15, 0.2) is 39.9 Å². The average molecular weight is 337 g/mol. The minimum atomic E-state index is -0.373. The first-order valence-electron chi connectivity index (χ1n) is 5.84. The van der Waals surface area contributed by atoms with Crippen molar-refractivity contribution in [3.8, 4) is 0 Å². The molecular weight excluding hydrogens is 324 g/mol. The zero-order valence-electron chi connectivity index (χ0n) is 10.8. The number of benzene rings is 1. The van der Waals surface area contributed by atoms with Crippen LogP contribution in [0.25, 0.3) is 0 Å². The van der Waals surface area contributed by atoms with Gasteiger partial charge in [-0.3, -0.25) is 19.6 Å². The Kier molecular flexibility index (Phi) is 4.31. The van der Waals surface area contributed by atoms with Crippen molar-refractivity contribution in [2.75, 3.05) is 0 Å². The minimum Gasteiger partial charge on any atom is -0.294 e. The lowest BCUT2D eigenvalue weighted by Gasteiger charge is -2.08. The summed E-state index contributed by atoms with van der Waals surface area (Å²) < 4.78 is 1.91. The lowest BCUT2D eigenvalue weighted by Crippen LogP contribution is -2.30. The number of carbonyl (C=O) groups excluding carboxylic acids is 1. The van der Waals surface area contributed by atoms with Gasteiger partial charge in [0, 0.05) is 5.56 Å². The number of aromatic nitrogens is 2. The van der Waals surface area contributed by atoms with Crippen molar-refractivity contribution in [2.24, 2.45) is 5.84 Å². The van der Waals surface area contributed by atoms with Crippen molar-refractivity contribution >= 4 is 21.8 Å². The van der Waals surface area contributed by atoms with Crippen molar-refractivity contribution in [1.82, 2.24) is 15.0 Å². The maximum Gasteiger partial charge on any atom is 0.268 e. The normalized spacial score (nSPS) is 10.3. The largest absolute Gasteiger partial charge is 0.294 e. The predicted molar refractivity (Wildman–Crippen MR) is 78.1 cm³/mol. The molecule has 0 fully saturated rings. The van der Waals surface area contributed by atoms with E-state index in [1.54, 1.807) is 25.1 Å². The Labute approximate surface area is 123 Å². The Morgan fingerprint density at radius 2 is 2.25 bits per heavy atom. The number of amides is 1. The molecular formula is C13H13BrN4O2. The second-order valence-electron chi connectivity index (χ2n) is 4.25. The lowest BCUT2D eigenvalue weighted by molar-refractivity contribution is 0.0953. The molecule has 6 nitrogen and oxygen atoms in total. The summed E-state index contributed by atoms with van der Waals surface area (Å²) in [4.78, 5) is 27.6. The summed E-state index contributed by atoms with van der Waals surface area (Å²) in [5.41, 5.74) is 3.81. The number of hydrogen-bond donors (Lipinski definition) is 2. The lowest BCUT2D eigenvalue weighted by atomic mass is 10.1. The first-order chi connectivity index (χ1) is 9.52. The van der Waals surface area contributed by atoms with Crippen LogP contribution in [0, 0.1) is 6.92 Å². The van der Waals surface area contributed by atoms with Crippen LogP contribution in [-0.4, -0.2) is 15.5 Å². The van der Waals surface area contributed by atoms with E-state index in [9.17, 15) is 9.59 Å². The first kappa shape index (κ1) is 14.4. The second-order valence-corrected chi connectivity index (χ2v) is 5.04. The van der Waals surface area contributed by atoms with Gasteiger partial charge in [0.05, 0.1) is 18.6 Å². The highest BCUT2D eigenvalue weighted by Gasteiger charge is 2.08. The van der Waals surface area contributed by atoms with E-state index in [1.165, 1.54) is 10.9 Å². The number of nitrogen functional groups attached to an aromatic ring is 1. The molecule has 7 heteroatoms. The molecule has 1 amide bonds. The topological polar surface area (TPSA) is 90.0 Å². The molecule has 0 bridgehead atoms. The van der Waals surface area contributed by atoms with Crippen molar-refractivity contribution < 1.29 is 4.79 Å². The molecule has 20 heavy (non-hydrogen) atoms. The van der Waals surface area contributed by atoms with E-state index < -0.39 is 0 Å². The molecule has 0 saturated carbocycles. The third-order valence-electron chi connectivity index (χ3n) is 2.83. The van der Waals surface area contributed by atoms with Crippen molar-refractivity contribution in [2.45, 2.75) is 13.5 Å². The van der Waals surface area contributed by atoms with Gasteiger partial charge in [0.15, 0.2) is 0 Å². The fraction of sp³-hybridized carbons (Fsp3) is 0.154. The Balaban J connectivity index is 2.34. The van der Waals surface area contributed by atoms with Crippen LogP contribution in [0.4, 0.5) is 0 Å². The number of nitrogens with one attached hydrogen (secondary N) is 1. The molecule has 1 heterocycles. The number of halogens is 1. The Morgan fingerprint density at radius 3 is 2.95 bits per heavy atom. The summed E-state index contributed by atoms with van der Waals surface area (Å²) in [6, 6.07) is 6.90. The summed E-state index contributed by atoms with van der Waals surface area (Å²) in [5, 5.41) is 0. The minimum absolute atomic E-state index is 0.161. The van der Waals surface area contributed by atoms with Gasteiger partial charge in [0.25, 0.3) is 11.5 Å². The van der Waals surface area contributed by atoms with Crippen LogP contribution in [0.3, 0.4) is 0 Å². The zero-order valence-corrected chi connectivity index (χ0v) is 12.3. The molecule has 0 unspecified atom stereocenters. The number of rotatable bonds is 3. The zero-order chi connectivity index (χ0) is 14.7. The molecule has 104 valence electrons. The summed E-state index contributed by atoms with van der Waals surface area (Å²) in [6.45, 7) is 2.08. The Morgan fingerprint density at radius 1 is 1.50 bits per heavy atom. The fourth-order valence-corrected chi connectivity index (χ4v) is 2.08. The summed E-state index contributed by atoms with van der Waals surface area (Å²) in [7, 11) is 0. The highest BCUT2D eigenvalue weighted by atomic mass is 79.9. The molecule has 0 radical (unpaired) electrons. The highest BCUT2D eigenvalue weighted by Crippen LogP contribution is 2.09. The summed E-state index contributed by atoms with van der Waals surface area (Å²) in [6.07, 6.45) is 1.48. The molecule has 0 aliphatic rings. The summed E-state index contributed by atoms with van der Waals surface area (Å²) in [5.74, 6) is 4.72. The van der Waals surface area contributed by atoms with Crippen LogP contribution < -0.4 is 16.8 Å². The van der Waals surface area contributed by atoms with E-state index in [1.807, 2.05) is 6.07 Å². The van der Waals surface area contributed by atoms with Crippen molar-refractivity contribution in [3.05, 3.63) is 62.2 Å². The van der Waals surface area contributed by atoms with Crippen molar-refractivity contribution in [1.29, 1.82) is 0 Å². The van der Waals surface area contributed by atoms with E-state index in [0.717, 1.165) is 5.56 Å². The van der Waals surface area contributed by atoms with Crippen LogP contribution in [-0.2, 0) is 6.54 Å². The van der Waals surface area contributed by atoms with Crippen LogP contribution >= 0.6 is 15.9 Å². The molecule has 2 rings (SSSR count). The van der Waals surface area contributed by atoms with Gasteiger partial charge >= 0.3 is 0 Å². The van der Waals surface area contributed by atoms with Crippen molar-refractivity contribution in [3.63, 3.8) is 0 Å². The maximum absolute atomic E-state index is 12.0. The average Bonchev–Trinajstić information content (AvgIpc) is 2.47. The highest BCUT2D eigenvalue weighted by molar-refractivity contribution is 9.10. The number of hydrazine groups is 1. The van der Waals surface area contributed by atoms with Gasteiger partial charge in [0.2, 0.25) is 0 Å². The van der Waals surface area contributed by atoms with E-state index in [2.05, 4.69) is 26.3 Å².